The Kier molecular flexibility index (Phi) is 5.50. The standard InChI is InChI=1S/C20H20FNO2.CH4O3S/c21-13-3-1-2-12(8-13)9-18-15-4-5-16-14(17(15)10-22-18)6-7-19-20(16)24-11-23-19;1-5(2,3)4/h1-3,6-8,15,17-18,22H,4-5,9-11H2;1H3,(H,2,3,4). The van der Waals surface area contributed by atoms with Gasteiger partial charge in [0.05, 0.1) is 6.26 Å². The van der Waals surface area contributed by atoms with Gasteiger partial charge in [0, 0.05) is 24.1 Å². The fourth-order valence-corrected chi connectivity index (χ4v) is 4.71. The molecular formula is C21H24FNO5S. The van der Waals surface area contributed by atoms with Crippen LogP contribution in [0.2, 0.25) is 0 Å². The minimum atomic E-state index is -3.67. The molecule has 2 aromatic rings. The van der Waals surface area contributed by atoms with E-state index in [1.54, 1.807) is 12.1 Å². The van der Waals surface area contributed by atoms with Crippen molar-refractivity contribution in [3.8, 4) is 11.5 Å². The van der Waals surface area contributed by atoms with Crippen LogP contribution >= 0.6 is 0 Å². The van der Waals surface area contributed by atoms with Crippen molar-refractivity contribution in [2.45, 2.75) is 31.2 Å². The highest BCUT2D eigenvalue weighted by Gasteiger charge is 2.41. The summed E-state index contributed by atoms with van der Waals surface area (Å²) >= 11 is 0. The number of ether oxygens (including phenoxy) is 2. The summed E-state index contributed by atoms with van der Waals surface area (Å²) in [5.74, 6) is 2.81. The monoisotopic (exact) mass is 421 g/mol. The SMILES string of the molecule is CS(=O)(=O)O.Fc1cccc(CC2NCC3c4ccc5c(c4CCC23)OCO5)c1. The molecule has 0 aromatic heterocycles. The molecule has 0 saturated carbocycles. The van der Waals surface area contributed by atoms with Gasteiger partial charge in [-0.1, -0.05) is 18.2 Å². The van der Waals surface area contributed by atoms with Crippen molar-refractivity contribution in [1.82, 2.24) is 5.32 Å². The van der Waals surface area contributed by atoms with Gasteiger partial charge < -0.3 is 14.8 Å². The Labute approximate surface area is 169 Å². The molecule has 0 bridgehead atoms. The zero-order valence-corrected chi connectivity index (χ0v) is 16.9. The van der Waals surface area contributed by atoms with E-state index in [9.17, 15) is 12.8 Å². The van der Waals surface area contributed by atoms with Crippen LogP contribution in [0.1, 0.15) is 29.0 Å². The molecule has 29 heavy (non-hydrogen) atoms. The van der Waals surface area contributed by atoms with Crippen LogP contribution < -0.4 is 14.8 Å². The van der Waals surface area contributed by atoms with E-state index in [0.29, 0.717) is 30.9 Å². The van der Waals surface area contributed by atoms with Gasteiger partial charge in [0.1, 0.15) is 5.82 Å². The van der Waals surface area contributed by atoms with Crippen LogP contribution in [0.15, 0.2) is 36.4 Å². The van der Waals surface area contributed by atoms with E-state index in [0.717, 1.165) is 42.9 Å². The topological polar surface area (TPSA) is 84.9 Å². The highest BCUT2D eigenvalue weighted by atomic mass is 32.2. The Balaban J connectivity index is 0.000000369. The minimum absolute atomic E-state index is 0.149. The van der Waals surface area contributed by atoms with Crippen molar-refractivity contribution >= 4 is 10.1 Å². The van der Waals surface area contributed by atoms with Crippen molar-refractivity contribution in [2.75, 3.05) is 19.6 Å². The fraction of sp³-hybridized carbons (Fsp3) is 0.429. The number of halogens is 1. The molecule has 0 radical (unpaired) electrons. The lowest BCUT2D eigenvalue weighted by Crippen LogP contribution is -2.31. The number of rotatable bonds is 2. The molecule has 0 spiro atoms. The zero-order valence-electron chi connectivity index (χ0n) is 16.1. The lowest BCUT2D eigenvalue weighted by Gasteiger charge is -2.31. The number of hydrogen-bond donors (Lipinski definition) is 2. The first kappa shape index (κ1) is 20.1. The number of hydrogen-bond acceptors (Lipinski definition) is 5. The van der Waals surface area contributed by atoms with E-state index in [-0.39, 0.29) is 5.82 Å². The molecule has 8 heteroatoms. The average molecular weight is 421 g/mol. The van der Waals surface area contributed by atoms with Gasteiger partial charge in [-0.05, 0) is 54.5 Å². The number of benzene rings is 2. The maximum absolute atomic E-state index is 13.5. The third-order valence-electron chi connectivity index (χ3n) is 5.78. The summed E-state index contributed by atoms with van der Waals surface area (Å²) in [6.07, 6.45) is 3.78. The van der Waals surface area contributed by atoms with Gasteiger partial charge in [-0.3, -0.25) is 4.55 Å². The predicted octanol–water partition coefficient (Wildman–Crippen LogP) is 2.92. The highest BCUT2D eigenvalue weighted by Crippen LogP contribution is 2.48. The minimum Gasteiger partial charge on any atom is -0.454 e. The van der Waals surface area contributed by atoms with Crippen LogP contribution in [-0.2, 0) is 23.0 Å². The summed E-state index contributed by atoms with van der Waals surface area (Å²) in [6.45, 7) is 1.32. The van der Waals surface area contributed by atoms with Gasteiger partial charge in [-0.25, -0.2) is 4.39 Å². The third-order valence-corrected chi connectivity index (χ3v) is 5.78. The fourth-order valence-electron chi connectivity index (χ4n) is 4.71. The molecule has 3 aliphatic rings. The molecule has 6 nitrogen and oxygen atoms in total. The second-order valence-electron chi connectivity index (χ2n) is 7.76. The average Bonchev–Trinajstić information content (AvgIpc) is 3.27. The summed E-state index contributed by atoms with van der Waals surface area (Å²) in [7, 11) is -3.67. The van der Waals surface area contributed by atoms with Crippen LogP contribution in [-0.4, -0.2) is 38.6 Å². The molecule has 2 aliphatic heterocycles. The molecule has 1 fully saturated rings. The second kappa shape index (κ2) is 7.93. The first-order valence-electron chi connectivity index (χ1n) is 9.61. The quantitative estimate of drug-likeness (QED) is 0.726. The maximum Gasteiger partial charge on any atom is 0.261 e. The smallest absolute Gasteiger partial charge is 0.261 e. The first-order chi connectivity index (χ1) is 13.8. The molecule has 156 valence electrons. The second-order valence-corrected chi connectivity index (χ2v) is 9.22. The van der Waals surface area contributed by atoms with Crippen LogP contribution in [0.4, 0.5) is 4.39 Å². The molecule has 2 N–H and O–H groups in total. The first-order valence-corrected chi connectivity index (χ1v) is 11.5. The van der Waals surface area contributed by atoms with E-state index < -0.39 is 10.1 Å². The highest BCUT2D eigenvalue weighted by molar-refractivity contribution is 7.85. The molecule has 2 heterocycles. The van der Waals surface area contributed by atoms with Gasteiger partial charge >= 0.3 is 0 Å². The number of fused-ring (bicyclic) bond motifs is 5. The Morgan fingerprint density at radius 3 is 2.79 bits per heavy atom. The lowest BCUT2D eigenvalue weighted by molar-refractivity contribution is 0.173. The normalized spacial score (nSPS) is 24.3. The Morgan fingerprint density at radius 2 is 2.03 bits per heavy atom. The molecule has 1 saturated heterocycles. The zero-order chi connectivity index (χ0) is 20.6. The third kappa shape index (κ3) is 4.55. The molecule has 1 aliphatic carbocycles. The largest absolute Gasteiger partial charge is 0.454 e. The van der Waals surface area contributed by atoms with Crippen molar-refractivity contribution < 1.29 is 26.8 Å². The molecular weight excluding hydrogens is 397 g/mol. The van der Waals surface area contributed by atoms with Crippen molar-refractivity contribution in [3.05, 3.63) is 58.9 Å². The van der Waals surface area contributed by atoms with Crippen LogP contribution in [0.25, 0.3) is 0 Å². The predicted molar refractivity (Wildman–Crippen MR) is 106 cm³/mol. The number of nitrogens with one attached hydrogen (secondary N) is 1. The molecule has 3 atom stereocenters. The molecule has 3 unspecified atom stereocenters. The van der Waals surface area contributed by atoms with Gasteiger partial charge in [-0.15, -0.1) is 0 Å². The summed E-state index contributed by atoms with van der Waals surface area (Å²) in [4.78, 5) is 0. The Hall–Kier alpha value is -2.16. The van der Waals surface area contributed by atoms with E-state index in [2.05, 4.69) is 11.4 Å². The van der Waals surface area contributed by atoms with Crippen molar-refractivity contribution in [3.63, 3.8) is 0 Å². The van der Waals surface area contributed by atoms with E-state index in [1.807, 2.05) is 12.1 Å². The van der Waals surface area contributed by atoms with Gasteiger partial charge in [0.2, 0.25) is 6.79 Å². The summed E-state index contributed by atoms with van der Waals surface area (Å²) in [5, 5.41) is 3.68. The van der Waals surface area contributed by atoms with Crippen LogP contribution in [0.5, 0.6) is 11.5 Å². The lowest BCUT2D eigenvalue weighted by atomic mass is 9.73. The maximum atomic E-state index is 13.5. The van der Waals surface area contributed by atoms with Crippen molar-refractivity contribution in [2.24, 2.45) is 5.92 Å². The van der Waals surface area contributed by atoms with E-state index >= 15 is 0 Å². The van der Waals surface area contributed by atoms with Gasteiger partial charge in [-0.2, -0.15) is 8.42 Å². The Morgan fingerprint density at radius 1 is 1.24 bits per heavy atom. The van der Waals surface area contributed by atoms with Crippen molar-refractivity contribution in [1.29, 1.82) is 0 Å². The molecule has 5 rings (SSSR count). The van der Waals surface area contributed by atoms with Crippen LogP contribution in [0.3, 0.4) is 0 Å². The van der Waals surface area contributed by atoms with E-state index in [1.165, 1.54) is 17.2 Å². The Bertz CT molecular complexity index is 1000. The van der Waals surface area contributed by atoms with Gasteiger partial charge in [0.25, 0.3) is 10.1 Å². The van der Waals surface area contributed by atoms with E-state index in [4.69, 9.17) is 14.0 Å². The van der Waals surface area contributed by atoms with Gasteiger partial charge in [0.15, 0.2) is 11.5 Å². The molecule has 0 amide bonds. The molecule has 2 aromatic carbocycles. The summed E-state index contributed by atoms with van der Waals surface area (Å²) in [5.41, 5.74) is 3.81. The summed E-state index contributed by atoms with van der Waals surface area (Å²) in [6, 6.07) is 11.7. The van der Waals surface area contributed by atoms with Crippen LogP contribution in [0, 0.1) is 11.7 Å². The summed E-state index contributed by atoms with van der Waals surface area (Å²) < 4.78 is 50.5.